The normalized spacial score (nSPS) is 10.1. The van der Waals surface area contributed by atoms with Crippen molar-refractivity contribution < 1.29 is 19.1 Å². The molecule has 0 aliphatic rings. The molecular formula is C17H15Cl2NO4. The molecule has 7 heteroatoms. The molecule has 5 nitrogen and oxygen atoms in total. The SMILES string of the molecule is COc1ccc(Cl)cc1NC(=O)COC(=O)Cc1ccccc1Cl. The first-order valence-electron chi connectivity index (χ1n) is 7.02. The fourth-order valence-electron chi connectivity index (χ4n) is 1.96. The molecule has 0 saturated heterocycles. The van der Waals surface area contributed by atoms with Gasteiger partial charge < -0.3 is 14.8 Å². The number of nitrogens with one attached hydrogen (secondary N) is 1. The van der Waals surface area contributed by atoms with E-state index in [9.17, 15) is 9.59 Å². The van der Waals surface area contributed by atoms with Gasteiger partial charge in [0.2, 0.25) is 0 Å². The van der Waals surface area contributed by atoms with E-state index >= 15 is 0 Å². The molecule has 1 N–H and O–H groups in total. The molecule has 0 unspecified atom stereocenters. The maximum Gasteiger partial charge on any atom is 0.310 e. The van der Waals surface area contributed by atoms with Crippen molar-refractivity contribution in [2.45, 2.75) is 6.42 Å². The molecule has 0 radical (unpaired) electrons. The number of halogens is 2. The standard InChI is InChI=1S/C17H15Cl2NO4/c1-23-15-7-6-12(18)9-14(15)20-16(21)10-24-17(22)8-11-4-2-3-5-13(11)19/h2-7,9H,8,10H2,1H3,(H,20,21). The summed E-state index contributed by atoms with van der Waals surface area (Å²) < 4.78 is 10.1. The van der Waals surface area contributed by atoms with Crippen molar-refractivity contribution >= 4 is 40.8 Å². The van der Waals surface area contributed by atoms with Gasteiger partial charge in [-0.3, -0.25) is 9.59 Å². The third-order valence-corrected chi connectivity index (χ3v) is 3.70. The van der Waals surface area contributed by atoms with Crippen molar-refractivity contribution in [1.82, 2.24) is 0 Å². The van der Waals surface area contributed by atoms with E-state index in [4.69, 9.17) is 32.7 Å². The Bertz CT molecular complexity index is 749. The first-order valence-corrected chi connectivity index (χ1v) is 7.77. The van der Waals surface area contributed by atoms with Crippen LogP contribution in [-0.2, 0) is 20.7 Å². The Morgan fingerprint density at radius 2 is 1.88 bits per heavy atom. The van der Waals surface area contributed by atoms with Crippen LogP contribution in [0.5, 0.6) is 5.75 Å². The second kappa shape index (κ2) is 8.57. The minimum absolute atomic E-state index is 0.00651. The number of esters is 1. The first-order chi connectivity index (χ1) is 11.5. The van der Waals surface area contributed by atoms with Crippen LogP contribution in [0.15, 0.2) is 42.5 Å². The molecule has 0 saturated carbocycles. The molecule has 0 fully saturated rings. The lowest BCUT2D eigenvalue weighted by atomic mass is 10.1. The lowest BCUT2D eigenvalue weighted by Gasteiger charge is -2.11. The van der Waals surface area contributed by atoms with Crippen LogP contribution in [-0.4, -0.2) is 25.6 Å². The van der Waals surface area contributed by atoms with Crippen LogP contribution in [0.1, 0.15) is 5.56 Å². The van der Waals surface area contributed by atoms with Gasteiger partial charge in [-0.25, -0.2) is 0 Å². The van der Waals surface area contributed by atoms with E-state index in [1.54, 1.807) is 42.5 Å². The zero-order chi connectivity index (χ0) is 17.5. The maximum atomic E-state index is 11.9. The lowest BCUT2D eigenvalue weighted by molar-refractivity contribution is -0.146. The van der Waals surface area contributed by atoms with Gasteiger partial charge in [-0.05, 0) is 29.8 Å². The van der Waals surface area contributed by atoms with E-state index < -0.39 is 18.5 Å². The number of carbonyl (C=O) groups is 2. The number of benzene rings is 2. The molecule has 2 aromatic carbocycles. The monoisotopic (exact) mass is 367 g/mol. The fraction of sp³-hybridized carbons (Fsp3) is 0.176. The second-order valence-electron chi connectivity index (χ2n) is 4.82. The van der Waals surface area contributed by atoms with Crippen LogP contribution in [0, 0.1) is 0 Å². The number of hydrogen-bond acceptors (Lipinski definition) is 4. The van der Waals surface area contributed by atoms with Crippen molar-refractivity contribution in [2.24, 2.45) is 0 Å². The summed E-state index contributed by atoms with van der Waals surface area (Å²) in [5.74, 6) is -0.588. The zero-order valence-corrected chi connectivity index (χ0v) is 14.4. The molecule has 126 valence electrons. The highest BCUT2D eigenvalue weighted by Crippen LogP contribution is 2.27. The van der Waals surface area contributed by atoms with Crippen LogP contribution in [0.25, 0.3) is 0 Å². The predicted octanol–water partition coefficient (Wildman–Crippen LogP) is 3.73. The molecule has 0 aliphatic heterocycles. The van der Waals surface area contributed by atoms with Gasteiger partial charge in [0, 0.05) is 10.0 Å². The van der Waals surface area contributed by atoms with Gasteiger partial charge in [0.15, 0.2) is 6.61 Å². The van der Waals surface area contributed by atoms with Crippen molar-refractivity contribution in [3.8, 4) is 5.75 Å². The van der Waals surface area contributed by atoms with Crippen molar-refractivity contribution in [3.05, 3.63) is 58.1 Å². The van der Waals surface area contributed by atoms with E-state index in [-0.39, 0.29) is 6.42 Å². The number of anilines is 1. The third kappa shape index (κ3) is 5.15. The Kier molecular flexibility index (Phi) is 6.46. The molecule has 24 heavy (non-hydrogen) atoms. The van der Waals surface area contributed by atoms with E-state index in [0.29, 0.717) is 27.0 Å². The highest BCUT2D eigenvalue weighted by molar-refractivity contribution is 6.31. The van der Waals surface area contributed by atoms with E-state index in [2.05, 4.69) is 5.32 Å². The number of rotatable bonds is 6. The molecule has 2 aromatic rings. The largest absolute Gasteiger partial charge is 0.495 e. The number of ether oxygens (including phenoxy) is 2. The van der Waals surface area contributed by atoms with Gasteiger partial charge in [0.1, 0.15) is 5.75 Å². The van der Waals surface area contributed by atoms with Crippen LogP contribution in [0.4, 0.5) is 5.69 Å². The minimum atomic E-state index is -0.545. The summed E-state index contributed by atoms with van der Waals surface area (Å²) in [4.78, 5) is 23.7. The highest BCUT2D eigenvalue weighted by atomic mass is 35.5. The number of amides is 1. The van der Waals surface area contributed by atoms with Crippen molar-refractivity contribution in [2.75, 3.05) is 19.0 Å². The first kappa shape index (κ1) is 18.1. The van der Waals surface area contributed by atoms with E-state index in [1.165, 1.54) is 7.11 Å². The van der Waals surface area contributed by atoms with E-state index in [0.717, 1.165) is 0 Å². The smallest absolute Gasteiger partial charge is 0.310 e. The van der Waals surface area contributed by atoms with Crippen LogP contribution < -0.4 is 10.1 Å². The van der Waals surface area contributed by atoms with Crippen LogP contribution >= 0.6 is 23.2 Å². The van der Waals surface area contributed by atoms with Gasteiger partial charge in [0.05, 0.1) is 19.2 Å². The summed E-state index contributed by atoms with van der Waals surface area (Å²) >= 11 is 11.9. The predicted molar refractivity (Wildman–Crippen MR) is 92.7 cm³/mol. The molecular weight excluding hydrogens is 353 g/mol. The van der Waals surface area contributed by atoms with Gasteiger partial charge in [0.25, 0.3) is 5.91 Å². The average molecular weight is 368 g/mol. The Labute approximate surface area is 149 Å². The molecule has 0 atom stereocenters. The molecule has 1 amide bonds. The molecule has 2 rings (SSSR count). The van der Waals surface area contributed by atoms with Gasteiger partial charge in [-0.2, -0.15) is 0 Å². The Morgan fingerprint density at radius 1 is 1.12 bits per heavy atom. The summed E-state index contributed by atoms with van der Waals surface area (Å²) in [6.45, 7) is -0.418. The number of hydrogen-bond donors (Lipinski definition) is 1. The summed E-state index contributed by atoms with van der Waals surface area (Å²) in [7, 11) is 1.47. The van der Waals surface area contributed by atoms with Gasteiger partial charge in [-0.15, -0.1) is 0 Å². The lowest BCUT2D eigenvalue weighted by Crippen LogP contribution is -2.22. The molecule has 0 spiro atoms. The van der Waals surface area contributed by atoms with Gasteiger partial charge in [-0.1, -0.05) is 41.4 Å². The second-order valence-corrected chi connectivity index (χ2v) is 5.67. The summed E-state index contributed by atoms with van der Waals surface area (Å²) in [6, 6.07) is 11.8. The highest BCUT2D eigenvalue weighted by Gasteiger charge is 2.12. The van der Waals surface area contributed by atoms with Gasteiger partial charge >= 0.3 is 5.97 Å². The van der Waals surface area contributed by atoms with Crippen LogP contribution in [0.3, 0.4) is 0 Å². The summed E-state index contributed by atoms with van der Waals surface area (Å²) in [5, 5.41) is 3.50. The molecule has 0 aliphatic carbocycles. The quantitative estimate of drug-likeness (QED) is 0.790. The minimum Gasteiger partial charge on any atom is -0.495 e. The van der Waals surface area contributed by atoms with Crippen LogP contribution in [0.2, 0.25) is 10.0 Å². The van der Waals surface area contributed by atoms with Crippen molar-refractivity contribution in [3.63, 3.8) is 0 Å². The Hall–Kier alpha value is -2.24. The molecule has 0 bridgehead atoms. The molecule has 0 heterocycles. The molecule has 0 aromatic heterocycles. The summed E-state index contributed by atoms with van der Waals surface area (Å²) in [6.07, 6.45) is -0.00651. The maximum absolute atomic E-state index is 11.9. The number of carbonyl (C=O) groups excluding carboxylic acids is 2. The number of methoxy groups -OCH3 is 1. The third-order valence-electron chi connectivity index (χ3n) is 3.09. The summed E-state index contributed by atoms with van der Waals surface area (Å²) in [5.41, 5.74) is 1.04. The van der Waals surface area contributed by atoms with E-state index in [1.807, 2.05) is 0 Å². The Balaban J connectivity index is 1.88. The zero-order valence-electron chi connectivity index (χ0n) is 12.8. The average Bonchev–Trinajstić information content (AvgIpc) is 2.55. The van der Waals surface area contributed by atoms with Crippen molar-refractivity contribution in [1.29, 1.82) is 0 Å². The topological polar surface area (TPSA) is 64.6 Å². The Morgan fingerprint density at radius 3 is 2.58 bits per heavy atom. The fourth-order valence-corrected chi connectivity index (χ4v) is 2.33.